The van der Waals surface area contributed by atoms with Gasteiger partial charge < -0.3 is 19.5 Å². The molecule has 4 rings (SSSR count). The molecule has 1 N–H and O–H groups in total. The van der Waals surface area contributed by atoms with Crippen LogP contribution >= 0.6 is 11.3 Å². The number of piperazine rings is 1. The standard InChI is InChI=1S/C26H31N5O4S/c1-2-10-31(25(34)22-9-6-15-35-22)18-23(32)28-26-27-21(19-36-26)16-24(33)30-13-11-29(12-14-30)17-20-7-4-3-5-8-20/h3-9,15,19H,2,10-14,16-18H2,1H3,(H,27,28,32). The lowest BCUT2D eigenvalue weighted by Gasteiger charge is -2.34. The Morgan fingerprint density at radius 3 is 2.56 bits per heavy atom. The molecule has 0 unspecified atom stereocenters. The van der Waals surface area contributed by atoms with Crippen LogP contribution in [0.1, 0.15) is 35.2 Å². The Morgan fingerprint density at radius 1 is 1.08 bits per heavy atom. The fourth-order valence-electron chi connectivity index (χ4n) is 4.12. The summed E-state index contributed by atoms with van der Waals surface area (Å²) in [6, 6.07) is 13.6. The second-order valence-corrected chi connectivity index (χ2v) is 9.57. The first-order valence-electron chi connectivity index (χ1n) is 12.1. The van der Waals surface area contributed by atoms with Crippen LogP contribution in [0.25, 0.3) is 0 Å². The highest BCUT2D eigenvalue weighted by Crippen LogP contribution is 2.17. The van der Waals surface area contributed by atoms with Gasteiger partial charge in [-0.2, -0.15) is 0 Å². The van der Waals surface area contributed by atoms with Crippen molar-refractivity contribution in [1.29, 1.82) is 0 Å². The van der Waals surface area contributed by atoms with Crippen molar-refractivity contribution in [2.45, 2.75) is 26.3 Å². The highest BCUT2D eigenvalue weighted by atomic mass is 32.1. The summed E-state index contributed by atoms with van der Waals surface area (Å²) in [6.45, 7) is 6.22. The summed E-state index contributed by atoms with van der Waals surface area (Å²) in [5, 5.41) is 4.95. The number of carbonyl (C=O) groups excluding carboxylic acids is 3. The summed E-state index contributed by atoms with van der Waals surface area (Å²) in [4.78, 5) is 48.0. The molecule has 0 saturated carbocycles. The average Bonchev–Trinajstić information content (AvgIpc) is 3.57. The first kappa shape index (κ1) is 25.6. The third kappa shape index (κ3) is 7.02. The summed E-state index contributed by atoms with van der Waals surface area (Å²) in [5.41, 5.74) is 1.90. The predicted octanol–water partition coefficient (Wildman–Crippen LogP) is 3.11. The van der Waals surface area contributed by atoms with Gasteiger partial charge in [0.05, 0.1) is 18.4 Å². The quantitative estimate of drug-likeness (QED) is 0.451. The molecular formula is C26H31N5O4S. The van der Waals surface area contributed by atoms with Crippen LogP contribution < -0.4 is 5.32 Å². The van der Waals surface area contributed by atoms with Crippen molar-refractivity contribution in [3.05, 3.63) is 71.1 Å². The molecule has 1 aliphatic heterocycles. The Hall–Kier alpha value is -3.50. The van der Waals surface area contributed by atoms with Crippen LogP contribution in [0.15, 0.2) is 58.5 Å². The van der Waals surface area contributed by atoms with Gasteiger partial charge in [-0.05, 0) is 24.1 Å². The average molecular weight is 510 g/mol. The maximum atomic E-state index is 12.8. The van der Waals surface area contributed by atoms with Crippen molar-refractivity contribution in [3.63, 3.8) is 0 Å². The van der Waals surface area contributed by atoms with Gasteiger partial charge in [-0.15, -0.1) is 11.3 Å². The SMILES string of the molecule is CCCN(CC(=O)Nc1nc(CC(=O)N2CCN(Cc3ccccc3)CC2)cs1)C(=O)c1ccco1. The zero-order valence-corrected chi connectivity index (χ0v) is 21.2. The van der Waals surface area contributed by atoms with E-state index in [1.807, 2.05) is 30.0 Å². The Bertz CT molecular complexity index is 1140. The molecule has 10 heteroatoms. The van der Waals surface area contributed by atoms with Crippen molar-refractivity contribution < 1.29 is 18.8 Å². The largest absolute Gasteiger partial charge is 0.459 e. The molecule has 0 radical (unpaired) electrons. The molecule has 0 atom stereocenters. The molecule has 3 amide bonds. The number of carbonyl (C=O) groups is 3. The Labute approximate surface area is 214 Å². The number of thiazole rings is 1. The number of amides is 3. The highest BCUT2D eigenvalue weighted by Gasteiger charge is 2.23. The second-order valence-electron chi connectivity index (χ2n) is 8.72. The van der Waals surface area contributed by atoms with Crippen LogP contribution in [-0.4, -0.2) is 76.7 Å². The minimum absolute atomic E-state index is 0.0377. The van der Waals surface area contributed by atoms with Crippen molar-refractivity contribution >= 4 is 34.2 Å². The van der Waals surface area contributed by atoms with Crippen molar-refractivity contribution in [1.82, 2.24) is 19.7 Å². The van der Waals surface area contributed by atoms with Gasteiger partial charge in [-0.3, -0.25) is 19.3 Å². The molecule has 0 aliphatic carbocycles. The molecule has 3 heterocycles. The minimum atomic E-state index is -0.342. The lowest BCUT2D eigenvalue weighted by Crippen LogP contribution is -2.48. The molecule has 3 aromatic rings. The number of hydrogen-bond acceptors (Lipinski definition) is 7. The smallest absolute Gasteiger partial charge is 0.290 e. The monoisotopic (exact) mass is 509 g/mol. The molecule has 0 bridgehead atoms. The maximum Gasteiger partial charge on any atom is 0.290 e. The number of benzene rings is 1. The zero-order chi connectivity index (χ0) is 25.3. The molecule has 9 nitrogen and oxygen atoms in total. The van der Waals surface area contributed by atoms with E-state index in [9.17, 15) is 14.4 Å². The minimum Gasteiger partial charge on any atom is -0.459 e. The molecule has 36 heavy (non-hydrogen) atoms. The van der Waals surface area contributed by atoms with Gasteiger partial charge in [0, 0.05) is 44.6 Å². The number of hydrogen-bond donors (Lipinski definition) is 1. The van der Waals surface area contributed by atoms with Crippen LogP contribution in [-0.2, 0) is 22.6 Å². The van der Waals surface area contributed by atoms with Gasteiger partial charge in [0.1, 0.15) is 6.54 Å². The van der Waals surface area contributed by atoms with E-state index in [4.69, 9.17) is 4.42 Å². The van der Waals surface area contributed by atoms with E-state index < -0.39 is 0 Å². The van der Waals surface area contributed by atoms with E-state index in [0.29, 0.717) is 36.9 Å². The van der Waals surface area contributed by atoms with Crippen molar-refractivity contribution in [2.75, 3.05) is 44.6 Å². The van der Waals surface area contributed by atoms with E-state index in [1.165, 1.54) is 28.1 Å². The molecule has 1 aliphatic rings. The Balaban J connectivity index is 1.23. The van der Waals surface area contributed by atoms with E-state index in [0.717, 1.165) is 19.6 Å². The van der Waals surface area contributed by atoms with Gasteiger partial charge in [0.15, 0.2) is 10.9 Å². The van der Waals surface area contributed by atoms with Gasteiger partial charge in [-0.25, -0.2) is 4.98 Å². The lowest BCUT2D eigenvalue weighted by molar-refractivity contribution is -0.132. The van der Waals surface area contributed by atoms with Gasteiger partial charge in [0.2, 0.25) is 11.8 Å². The van der Waals surface area contributed by atoms with Gasteiger partial charge in [-0.1, -0.05) is 37.3 Å². The number of nitrogens with one attached hydrogen (secondary N) is 1. The van der Waals surface area contributed by atoms with E-state index >= 15 is 0 Å². The number of anilines is 1. The first-order chi connectivity index (χ1) is 17.5. The Morgan fingerprint density at radius 2 is 1.86 bits per heavy atom. The van der Waals surface area contributed by atoms with E-state index in [-0.39, 0.29) is 36.4 Å². The normalized spacial score (nSPS) is 14.0. The van der Waals surface area contributed by atoms with Crippen LogP contribution in [0.2, 0.25) is 0 Å². The third-order valence-electron chi connectivity index (χ3n) is 5.95. The molecule has 0 spiro atoms. The summed E-state index contributed by atoms with van der Waals surface area (Å²) in [5.74, 6) is -0.431. The molecule has 1 fully saturated rings. The van der Waals surface area contributed by atoms with Crippen molar-refractivity contribution in [2.24, 2.45) is 0 Å². The maximum absolute atomic E-state index is 12.8. The topological polar surface area (TPSA) is 99.0 Å². The molecule has 1 saturated heterocycles. The highest BCUT2D eigenvalue weighted by molar-refractivity contribution is 7.13. The molecule has 2 aromatic heterocycles. The summed E-state index contributed by atoms with van der Waals surface area (Å²) >= 11 is 1.27. The Kier molecular flexibility index (Phi) is 8.85. The van der Waals surface area contributed by atoms with E-state index in [2.05, 4.69) is 27.3 Å². The van der Waals surface area contributed by atoms with Gasteiger partial charge >= 0.3 is 0 Å². The van der Waals surface area contributed by atoms with Gasteiger partial charge in [0.25, 0.3) is 5.91 Å². The number of furan rings is 1. The van der Waals surface area contributed by atoms with E-state index in [1.54, 1.807) is 17.5 Å². The fourth-order valence-corrected chi connectivity index (χ4v) is 4.85. The van der Waals surface area contributed by atoms with Crippen LogP contribution in [0.4, 0.5) is 5.13 Å². The number of nitrogens with zero attached hydrogens (tertiary/aromatic N) is 4. The number of aromatic nitrogens is 1. The molecular weight excluding hydrogens is 478 g/mol. The fraction of sp³-hybridized carbons (Fsp3) is 0.385. The third-order valence-corrected chi connectivity index (χ3v) is 6.76. The van der Waals surface area contributed by atoms with Crippen LogP contribution in [0, 0.1) is 0 Å². The first-order valence-corrected chi connectivity index (χ1v) is 13.0. The molecule has 1 aromatic carbocycles. The lowest BCUT2D eigenvalue weighted by atomic mass is 10.2. The van der Waals surface area contributed by atoms with Crippen molar-refractivity contribution in [3.8, 4) is 0 Å². The summed E-state index contributed by atoms with van der Waals surface area (Å²) in [6.07, 6.45) is 2.34. The van der Waals surface area contributed by atoms with Crippen LogP contribution in [0.3, 0.4) is 0 Å². The second kappa shape index (κ2) is 12.5. The predicted molar refractivity (Wildman–Crippen MR) is 138 cm³/mol. The summed E-state index contributed by atoms with van der Waals surface area (Å²) < 4.78 is 5.17. The summed E-state index contributed by atoms with van der Waals surface area (Å²) in [7, 11) is 0. The number of rotatable bonds is 10. The van der Waals surface area contributed by atoms with Crippen LogP contribution in [0.5, 0.6) is 0 Å². The zero-order valence-electron chi connectivity index (χ0n) is 20.4. The molecule has 190 valence electrons.